The van der Waals surface area contributed by atoms with Crippen molar-refractivity contribution in [2.45, 2.75) is 0 Å². The zero-order chi connectivity index (χ0) is 13.8. The maximum absolute atomic E-state index is 12.1. The number of aromatic amines is 1. The molecule has 1 aromatic carbocycles. The molecular formula is C14H18N4O2. The van der Waals surface area contributed by atoms with E-state index in [4.69, 9.17) is 4.74 Å². The summed E-state index contributed by atoms with van der Waals surface area (Å²) in [5.74, 6) is -0.0404. The first kappa shape index (κ1) is 13.1. The van der Waals surface area contributed by atoms with E-state index in [2.05, 4.69) is 20.4 Å². The number of nitrogens with zero attached hydrogens (tertiary/aromatic N) is 2. The third-order valence-corrected chi connectivity index (χ3v) is 3.52. The third kappa shape index (κ3) is 2.97. The van der Waals surface area contributed by atoms with Gasteiger partial charge in [0.25, 0.3) is 5.91 Å². The summed E-state index contributed by atoms with van der Waals surface area (Å²) in [5.41, 5.74) is 1.61. The minimum Gasteiger partial charge on any atom is -0.379 e. The molecule has 0 aliphatic carbocycles. The number of benzene rings is 1. The molecule has 2 heterocycles. The first-order chi connectivity index (χ1) is 9.83. The number of aromatic nitrogens is 2. The molecule has 0 saturated carbocycles. The summed E-state index contributed by atoms with van der Waals surface area (Å²) in [6.45, 7) is 4.97. The van der Waals surface area contributed by atoms with Crippen molar-refractivity contribution in [3.63, 3.8) is 0 Å². The van der Waals surface area contributed by atoms with Gasteiger partial charge in [0.2, 0.25) is 0 Å². The Morgan fingerprint density at radius 1 is 1.40 bits per heavy atom. The summed E-state index contributed by atoms with van der Waals surface area (Å²) < 4.78 is 5.29. The van der Waals surface area contributed by atoms with Gasteiger partial charge in [-0.15, -0.1) is 0 Å². The second kappa shape index (κ2) is 6.02. The van der Waals surface area contributed by atoms with Gasteiger partial charge in [-0.3, -0.25) is 14.8 Å². The van der Waals surface area contributed by atoms with Crippen molar-refractivity contribution in [2.24, 2.45) is 0 Å². The van der Waals surface area contributed by atoms with E-state index in [9.17, 15) is 4.79 Å². The molecule has 1 aliphatic rings. The van der Waals surface area contributed by atoms with Gasteiger partial charge in [-0.05, 0) is 18.2 Å². The van der Waals surface area contributed by atoms with Crippen molar-refractivity contribution >= 4 is 16.8 Å². The van der Waals surface area contributed by atoms with Crippen molar-refractivity contribution in [3.8, 4) is 0 Å². The van der Waals surface area contributed by atoms with Crippen LogP contribution in [-0.2, 0) is 4.74 Å². The average molecular weight is 274 g/mol. The van der Waals surface area contributed by atoms with Crippen LogP contribution < -0.4 is 5.32 Å². The zero-order valence-corrected chi connectivity index (χ0v) is 11.3. The number of H-pyrrole nitrogens is 1. The van der Waals surface area contributed by atoms with E-state index in [0.29, 0.717) is 12.1 Å². The fourth-order valence-electron chi connectivity index (χ4n) is 2.34. The molecule has 0 unspecified atom stereocenters. The Kier molecular flexibility index (Phi) is 3.94. The van der Waals surface area contributed by atoms with Gasteiger partial charge in [0.05, 0.1) is 24.9 Å². The maximum Gasteiger partial charge on any atom is 0.251 e. The van der Waals surface area contributed by atoms with Gasteiger partial charge in [-0.25, -0.2) is 0 Å². The summed E-state index contributed by atoms with van der Waals surface area (Å²) in [7, 11) is 0. The van der Waals surface area contributed by atoms with Crippen LogP contribution >= 0.6 is 0 Å². The molecule has 1 aliphatic heterocycles. The minimum absolute atomic E-state index is 0.0404. The molecule has 0 radical (unpaired) electrons. The van der Waals surface area contributed by atoms with Crippen LogP contribution in [-0.4, -0.2) is 60.4 Å². The van der Waals surface area contributed by atoms with Crippen LogP contribution in [0.4, 0.5) is 0 Å². The van der Waals surface area contributed by atoms with E-state index in [-0.39, 0.29) is 5.91 Å². The topological polar surface area (TPSA) is 70.2 Å². The Bertz CT molecular complexity index is 590. The van der Waals surface area contributed by atoms with Crippen molar-refractivity contribution in [2.75, 3.05) is 39.4 Å². The monoisotopic (exact) mass is 274 g/mol. The molecule has 1 saturated heterocycles. The Morgan fingerprint density at radius 3 is 3.10 bits per heavy atom. The second-order valence-electron chi connectivity index (χ2n) is 4.88. The van der Waals surface area contributed by atoms with Crippen molar-refractivity contribution in [1.29, 1.82) is 0 Å². The number of morpholine rings is 1. The number of carbonyl (C=O) groups is 1. The highest BCUT2D eigenvalue weighted by Gasteiger charge is 2.11. The van der Waals surface area contributed by atoms with Crippen LogP contribution in [0.2, 0.25) is 0 Å². The van der Waals surface area contributed by atoms with Crippen LogP contribution in [0.1, 0.15) is 10.4 Å². The van der Waals surface area contributed by atoms with E-state index in [1.165, 1.54) is 0 Å². The fourth-order valence-corrected chi connectivity index (χ4v) is 2.34. The first-order valence-electron chi connectivity index (χ1n) is 6.84. The van der Waals surface area contributed by atoms with Crippen LogP contribution in [0.25, 0.3) is 10.9 Å². The predicted octanol–water partition coefficient (Wildman–Crippen LogP) is 0.625. The van der Waals surface area contributed by atoms with E-state index in [0.717, 1.165) is 43.8 Å². The average Bonchev–Trinajstić information content (AvgIpc) is 2.95. The first-order valence-corrected chi connectivity index (χ1v) is 6.84. The highest BCUT2D eigenvalue weighted by Crippen LogP contribution is 2.12. The molecule has 6 heteroatoms. The second-order valence-corrected chi connectivity index (χ2v) is 4.88. The molecule has 2 aromatic rings. The number of fused-ring (bicyclic) bond motifs is 1. The zero-order valence-electron chi connectivity index (χ0n) is 11.3. The molecular weight excluding hydrogens is 256 g/mol. The molecule has 20 heavy (non-hydrogen) atoms. The number of nitrogens with one attached hydrogen (secondary N) is 2. The highest BCUT2D eigenvalue weighted by atomic mass is 16.5. The van der Waals surface area contributed by atoms with Gasteiger partial charge in [0, 0.05) is 37.1 Å². The van der Waals surface area contributed by atoms with Gasteiger partial charge >= 0.3 is 0 Å². The number of amides is 1. The molecule has 1 amide bonds. The van der Waals surface area contributed by atoms with Crippen molar-refractivity contribution in [1.82, 2.24) is 20.4 Å². The number of rotatable bonds is 4. The molecule has 106 valence electrons. The summed E-state index contributed by atoms with van der Waals surface area (Å²) in [6.07, 6.45) is 1.72. The van der Waals surface area contributed by atoms with Gasteiger partial charge in [0.1, 0.15) is 0 Å². The van der Waals surface area contributed by atoms with Crippen molar-refractivity contribution < 1.29 is 9.53 Å². The minimum atomic E-state index is -0.0404. The van der Waals surface area contributed by atoms with Crippen LogP contribution in [0.3, 0.4) is 0 Å². The maximum atomic E-state index is 12.1. The Morgan fingerprint density at radius 2 is 2.25 bits per heavy atom. The molecule has 6 nitrogen and oxygen atoms in total. The van der Waals surface area contributed by atoms with E-state index < -0.39 is 0 Å². The third-order valence-electron chi connectivity index (χ3n) is 3.52. The lowest BCUT2D eigenvalue weighted by Crippen LogP contribution is -2.41. The Labute approximate surface area is 117 Å². The SMILES string of the molecule is O=C(NCCN1CCOCC1)c1ccc2[nH]ncc2c1. The quantitative estimate of drug-likeness (QED) is 0.857. The fraction of sp³-hybridized carbons (Fsp3) is 0.429. The molecule has 0 bridgehead atoms. The lowest BCUT2D eigenvalue weighted by molar-refractivity contribution is 0.0383. The van der Waals surface area contributed by atoms with Crippen LogP contribution in [0, 0.1) is 0 Å². The van der Waals surface area contributed by atoms with E-state index in [1.54, 1.807) is 6.20 Å². The molecule has 3 rings (SSSR count). The number of hydrogen-bond acceptors (Lipinski definition) is 4. The summed E-state index contributed by atoms with van der Waals surface area (Å²) in [5, 5.41) is 10.7. The summed E-state index contributed by atoms with van der Waals surface area (Å²) >= 11 is 0. The van der Waals surface area contributed by atoms with Gasteiger partial charge in [-0.2, -0.15) is 5.10 Å². The van der Waals surface area contributed by atoms with Gasteiger partial charge in [0.15, 0.2) is 0 Å². The smallest absolute Gasteiger partial charge is 0.251 e. The molecule has 2 N–H and O–H groups in total. The largest absolute Gasteiger partial charge is 0.379 e. The predicted molar refractivity (Wildman–Crippen MR) is 75.7 cm³/mol. The van der Waals surface area contributed by atoms with E-state index >= 15 is 0 Å². The Hall–Kier alpha value is -1.92. The lowest BCUT2D eigenvalue weighted by Gasteiger charge is -2.26. The molecule has 1 aromatic heterocycles. The summed E-state index contributed by atoms with van der Waals surface area (Å²) in [6, 6.07) is 5.53. The normalized spacial score (nSPS) is 16.4. The van der Waals surface area contributed by atoms with Gasteiger partial charge < -0.3 is 10.1 Å². The van der Waals surface area contributed by atoms with Crippen molar-refractivity contribution in [3.05, 3.63) is 30.0 Å². The van der Waals surface area contributed by atoms with E-state index in [1.807, 2.05) is 18.2 Å². The highest BCUT2D eigenvalue weighted by molar-refractivity contribution is 5.97. The number of hydrogen-bond donors (Lipinski definition) is 2. The number of carbonyl (C=O) groups excluding carboxylic acids is 1. The molecule has 0 spiro atoms. The van der Waals surface area contributed by atoms with Crippen LogP contribution in [0.15, 0.2) is 24.4 Å². The standard InChI is InChI=1S/C14H18N4O2/c19-14(15-3-4-18-5-7-20-8-6-18)11-1-2-13-12(9-11)10-16-17-13/h1-2,9-10H,3-8H2,(H,15,19)(H,16,17). The van der Waals surface area contributed by atoms with Gasteiger partial charge in [-0.1, -0.05) is 0 Å². The molecule has 1 fully saturated rings. The molecule has 0 atom stereocenters. The van der Waals surface area contributed by atoms with Crippen LogP contribution in [0.5, 0.6) is 0 Å². The lowest BCUT2D eigenvalue weighted by atomic mass is 10.1. The Balaban J connectivity index is 1.53. The number of ether oxygens (including phenoxy) is 1. The summed E-state index contributed by atoms with van der Waals surface area (Å²) in [4.78, 5) is 14.4.